The Balaban J connectivity index is 1.35. The Labute approximate surface area is 263 Å². The minimum atomic E-state index is 0.616. The van der Waals surface area contributed by atoms with E-state index in [1.54, 1.807) is 0 Å². The molecule has 214 valence electrons. The molecule has 3 aromatic heterocycles. The van der Waals surface area contributed by atoms with Crippen LogP contribution in [0.2, 0.25) is 0 Å². The van der Waals surface area contributed by atoms with Crippen molar-refractivity contribution < 1.29 is 4.42 Å². The van der Waals surface area contributed by atoms with Crippen molar-refractivity contribution in [3.63, 3.8) is 0 Å². The van der Waals surface area contributed by atoms with Crippen LogP contribution in [-0.4, -0.2) is 14.5 Å². The Morgan fingerprint density at radius 2 is 1.13 bits per heavy atom. The van der Waals surface area contributed by atoms with E-state index in [4.69, 9.17) is 14.4 Å². The number of fused-ring (bicyclic) bond motifs is 9. The van der Waals surface area contributed by atoms with E-state index in [2.05, 4.69) is 138 Å². The summed E-state index contributed by atoms with van der Waals surface area (Å²) in [6.07, 6.45) is 0. The van der Waals surface area contributed by atoms with E-state index in [-0.39, 0.29) is 0 Å². The molecule has 0 N–H and O–H groups in total. The highest BCUT2D eigenvalue weighted by Gasteiger charge is 2.22. The van der Waals surface area contributed by atoms with Crippen molar-refractivity contribution in [3.05, 3.63) is 152 Å². The minimum absolute atomic E-state index is 0.616. The predicted octanol–water partition coefficient (Wildman–Crippen LogP) is 11.1. The van der Waals surface area contributed by atoms with Gasteiger partial charge in [-0.3, -0.25) is 4.57 Å². The van der Waals surface area contributed by atoms with Gasteiger partial charge in [-0.2, -0.15) is 0 Å². The predicted molar refractivity (Wildman–Crippen MR) is 190 cm³/mol. The van der Waals surface area contributed by atoms with E-state index in [1.165, 1.54) is 32.7 Å². The molecule has 7 aromatic carbocycles. The smallest absolute Gasteiger partial charge is 0.236 e. The fourth-order valence-corrected chi connectivity index (χ4v) is 7.02. The first-order valence-electron chi connectivity index (χ1n) is 15.5. The molecule has 0 saturated carbocycles. The van der Waals surface area contributed by atoms with Crippen LogP contribution in [0.1, 0.15) is 0 Å². The maximum absolute atomic E-state index is 6.58. The van der Waals surface area contributed by atoms with Crippen molar-refractivity contribution in [1.82, 2.24) is 14.5 Å². The Hall–Kier alpha value is -6.26. The SMILES string of the molecule is c1ccc(-c2ccc3c(c2)c2c4ccccc4ccc2n3-c2nc(-c3ccccc3)c3oc4cc5ccccc5cc4c3n2)cc1. The van der Waals surface area contributed by atoms with Crippen molar-refractivity contribution in [2.75, 3.05) is 0 Å². The normalized spacial score (nSPS) is 11.9. The maximum atomic E-state index is 6.58. The Kier molecular flexibility index (Phi) is 5.25. The summed E-state index contributed by atoms with van der Waals surface area (Å²) < 4.78 is 8.80. The van der Waals surface area contributed by atoms with Crippen molar-refractivity contribution in [3.8, 4) is 28.3 Å². The molecule has 0 bridgehead atoms. The van der Waals surface area contributed by atoms with E-state index < -0.39 is 0 Å². The van der Waals surface area contributed by atoms with Gasteiger partial charge in [0.2, 0.25) is 5.95 Å². The monoisotopic (exact) mass is 587 g/mol. The van der Waals surface area contributed by atoms with Gasteiger partial charge in [0.05, 0.1) is 11.0 Å². The van der Waals surface area contributed by atoms with Crippen molar-refractivity contribution >= 4 is 65.4 Å². The summed E-state index contributed by atoms with van der Waals surface area (Å²) >= 11 is 0. The zero-order chi connectivity index (χ0) is 30.2. The highest BCUT2D eigenvalue weighted by molar-refractivity contribution is 6.22. The molecule has 0 aliphatic carbocycles. The largest absolute Gasteiger partial charge is 0.452 e. The van der Waals surface area contributed by atoms with Gasteiger partial charge in [-0.05, 0) is 63.0 Å². The molecule has 46 heavy (non-hydrogen) atoms. The summed E-state index contributed by atoms with van der Waals surface area (Å²) in [5.74, 6) is 0.616. The van der Waals surface area contributed by atoms with Gasteiger partial charge in [0.1, 0.15) is 16.8 Å². The number of rotatable bonds is 3. The van der Waals surface area contributed by atoms with E-state index in [9.17, 15) is 0 Å². The first kappa shape index (κ1) is 25.1. The third-order valence-electron chi connectivity index (χ3n) is 9.18. The minimum Gasteiger partial charge on any atom is -0.452 e. The lowest BCUT2D eigenvalue weighted by molar-refractivity contribution is 0.667. The van der Waals surface area contributed by atoms with Crippen molar-refractivity contribution in [2.45, 2.75) is 0 Å². The highest BCUT2D eigenvalue weighted by atomic mass is 16.3. The fraction of sp³-hybridized carbons (Fsp3) is 0. The van der Waals surface area contributed by atoms with Crippen LogP contribution < -0.4 is 0 Å². The van der Waals surface area contributed by atoms with Gasteiger partial charge in [0.25, 0.3) is 0 Å². The molecule has 0 spiro atoms. The second-order valence-electron chi connectivity index (χ2n) is 11.8. The molecule has 3 heterocycles. The molecule has 4 heteroatoms. The third-order valence-corrected chi connectivity index (χ3v) is 9.18. The summed E-state index contributed by atoms with van der Waals surface area (Å²) in [5.41, 5.74) is 8.55. The van der Waals surface area contributed by atoms with E-state index in [0.717, 1.165) is 49.5 Å². The Bertz CT molecular complexity index is 2790. The first-order chi connectivity index (χ1) is 22.8. The third kappa shape index (κ3) is 3.67. The summed E-state index contributed by atoms with van der Waals surface area (Å²) in [7, 11) is 0. The zero-order valence-electron chi connectivity index (χ0n) is 24.7. The number of nitrogens with zero attached hydrogens (tertiary/aromatic N) is 3. The molecule has 10 rings (SSSR count). The van der Waals surface area contributed by atoms with Gasteiger partial charge in [-0.1, -0.05) is 121 Å². The molecule has 0 fully saturated rings. The second-order valence-corrected chi connectivity index (χ2v) is 11.8. The molecule has 4 nitrogen and oxygen atoms in total. The van der Waals surface area contributed by atoms with Gasteiger partial charge in [0.15, 0.2) is 5.58 Å². The summed E-state index contributed by atoms with van der Waals surface area (Å²) in [6.45, 7) is 0. The van der Waals surface area contributed by atoms with Crippen LogP contribution in [0.15, 0.2) is 156 Å². The number of aromatic nitrogens is 3. The van der Waals surface area contributed by atoms with Crippen LogP contribution in [0.25, 0.3) is 93.8 Å². The van der Waals surface area contributed by atoms with E-state index in [0.29, 0.717) is 11.5 Å². The van der Waals surface area contributed by atoms with Gasteiger partial charge in [0, 0.05) is 21.7 Å². The molecule has 0 radical (unpaired) electrons. The number of hydrogen-bond donors (Lipinski definition) is 0. The molecule has 0 atom stereocenters. The van der Waals surface area contributed by atoms with Crippen molar-refractivity contribution in [2.24, 2.45) is 0 Å². The number of furan rings is 1. The lowest BCUT2D eigenvalue weighted by Crippen LogP contribution is -2.02. The first-order valence-corrected chi connectivity index (χ1v) is 15.5. The van der Waals surface area contributed by atoms with Gasteiger partial charge in [-0.25, -0.2) is 9.97 Å². The van der Waals surface area contributed by atoms with Crippen LogP contribution >= 0.6 is 0 Å². The van der Waals surface area contributed by atoms with Gasteiger partial charge < -0.3 is 4.42 Å². The summed E-state index contributed by atoms with van der Waals surface area (Å²) in [5, 5.41) is 8.03. The van der Waals surface area contributed by atoms with Gasteiger partial charge >= 0.3 is 0 Å². The topological polar surface area (TPSA) is 43.9 Å². The molecule has 10 aromatic rings. The molecule has 0 aliphatic heterocycles. The Morgan fingerprint density at radius 3 is 1.93 bits per heavy atom. The van der Waals surface area contributed by atoms with E-state index in [1.807, 2.05) is 18.2 Å². The zero-order valence-corrected chi connectivity index (χ0v) is 24.7. The lowest BCUT2D eigenvalue weighted by Gasteiger charge is -2.10. The molecular formula is C42H25N3O. The number of benzene rings is 7. The average Bonchev–Trinajstić information content (AvgIpc) is 3.65. The Morgan fingerprint density at radius 1 is 0.457 bits per heavy atom. The molecule has 0 aliphatic rings. The highest BCUT2D eigenvalue weighted by Crippen LogP contribution is 2.41. The van der Waals surface area contributed by atoms with Crippen LogP contribution in [-0.2, 0) is 0 Å². The van der Waals surface area contributed by atoms with Crippen molar-refractivity contribution in [1.29, 1.82) is 0 Å². The summed E-state index contributed by atoms with van der Waals surface area (Å²) in [6, 6.07) is 53.2. The quantitative estimate of drug-likeness (QED) is 0.207. The fourth-order valence-electron chi connectivity index (χ4n) is 7.02. The van der Waals surface area contributed by atoms with E-state index >= 15 is 0 Å². The maximum Gasteiger partial charge on any atom is 0.236 e. The molecular weight excluding hydrogens is 562 g/mol. The second kappa shape index (κ2) is 9.62. The van der Waals surface area contributed by atoms with Crippen LogP contribution in [0.3, 0.4) is 0 Å². The van der Waals surface area contributed by atoms with Crippen LogP contribution in [0.4, 0.5) is 0 Å². The molecule has 0 saturated heterocycles. The van der Waals surface area contributed by atoms with Crippen LogP contribution in [0, 0.1) is 0 Å². The molecule has 0 unspecified atom stereocenters. The average molecular weight is 588 g/mol. The molecule has 0 amide bonds. The van der Waals surface area contributed by atoms with Crippen LogP contribution in [0.5, 0.6) is 0 Å². The lowest BCUT2D eigenvalue weighted by atomic mass is 10.0. The number of hydrogen-bond acceptors (Lipinski definition) is 3. The standard InChI is InChI=1S/C42H25N3O/c1-3-11-26(12-4-1)31-20-21-35-33(23-31)38-32-18-10-9-13-27(32)19-22-36(38)45(35)42-43-39(28-14-5-2-6-15-28)41-40(44-42)34-24-29-16-7-8-17-30(29)25-37(34)46-41/h1-25H. The summed E-state index contributed by atoms with van der Waals surface area (Å²) in [4.78, 5) is 10.6. The van der Waals surface area contributed by atoms with Gasteiger partial charge in [-0.15, -0.1) is 0 Å².